The lowest BCUT2D eigenvalue weighted by molar-refractivity contribution is -0.109. The number of halogens is 1. The van der Waals surface area contributed by atoms with Crippen molar-refractivity contribution in [2.75, 3.05) is 5.75 Å². The van der Waals surface area contributed by atoms with E-state index in [1.165, 1.54) is 36.9 Å². The second kappa shape index (κ2) is 6.73. The molecule has 0 radical (unpaired) electrons. The number of hydrogen-bond acceptors (Lipinski definition) is 3. The van der Waals surface area contributed by atoms with Gasteiger partial charge < -0.3 is 0 Å². The summed E-state index contributed by atoms with van der Waals surface area (Å²) in [5, 5.41) is 8.70. The van der Waals surface area contributed by atoms with Crippen molar-refractivity contribution < 1.29 is 9.18 Å². The first-order valence-corrected chi connectivity index (χ1v) is 5.94. The smallest absolute Gasteiger partial charge is 0.185 e. The predicted octanol–water partition coefficient (Wildman–Crippen LogP) is 2.72. The maximum Gasteiger partial charge on any atom is 0.185 e. The number of benzene rings is 1. The number of nitrogens with zero attached hydrogens (tertiary/aromatic N) is 1. The summed E-state index contributed by atoms with van der Waals surface area (Å²) in [5.74, 6) is 5.81. The van der Waals surface area contributed by atoms with Crippen molar-refractivity contribution in [2.24, 2.45) is 0 Å². The van der Waals surface area contributed by atoms with Gasteiger partial charge in [0.15, 0.2) is 5.12 Å². The fraction of sp³-hybridized carbons (Fsp3) is 0.231. The Morgan fingerprint density at radius 3 is 2.94 bits per heavy atom. The first-order valence-electron chi connectivity index (χ1n) is 4.95. The lowest BCUT2D eigenvalue weighted by atomic mass is 10.1. The minimum absolute atomic E-state index is 0.00471. The van der Waals surface area contributed by atoms with E-state index in [0.29, 0.717) is 17.7 Å². The molecule has 0 bridgehead atoms. The quantitative estimate of drug-likeness (QED) is 0.596. The van der Waals surface area contributed by atoms with Gasteiger partial charge in [0.05, 0.1) is 5.56 Å². The van der Waals surface area contributed by atoms with Crippen molar-refractivity contribution in [2.45, 2.75) is 13.3 Å². The highest BCUT2D eigenvalue weighted by Gasteiger charge is 2.00. The molecule has 1 aromatic carbocycles. The normalized spacial score (nSPS) is 9.00. The van der Waals surface area contributed by atoms with Crippen LogP contribution < -0.4 is 0 Å². The Morgan fingerprint density at radius 2 is 2.29 bits per heavy atom. The van der Waals surface area contributed by atoms with Gasteiger partial charge in [-0.1, -0.05) is 23.6 Å². The highest BCUT2D eigenvalue weighted by molar-refractivity contribution is 8.13. The molecular weight excluding hydrogens is 237 g/mol. The van der Waals surface area contributed by atoms with Crippen LogP contribution in [0.1, 0.15) is 24.5 Å². The second-order valence-corrected chi connectivity index (χ2v) is 4.47. The van der Waals surface area contributed by atoms with Gasteiger partial charge in [0.2, 0.25) is 0 Å². The Hall–Kier alpha value is -1.78. The maximum atomic E-state index is 13.0. The molecule has 1 rings (SSSR count). The molecule has 0 spiro atoms. The Labute approximate surface area is 104 Å². The van der Waals surface area contributed by atoms with E-state index < -0.39 is 5.82 Å². The zero-order valence-corrected chi connectivity index (χ0v) is 10.1. The monoisotopic (exact) mass is 247 g/mol. The largest absolute Gasteiger partial charge is 0.288 e. The first-order chi connectivity index (χ1) is 8.13. The van der Waals surface area contributed by atoms with Crippen molar-refractivity contribution in [1.82, 2.24) is 0 Å². The van der Waals surface area contributed by atoms with Crippen molar-refractivity contribution in [3.05, 3.63) is 35.1 Å². The van der Waals surface area contributed by atoms with E-state index in [0.717, 1.165) is 0 Å². The Kier molecular flexibility index (Phi) is 5.26. The van der Waals surface area contributed by atoms with Gasteiger partial charge in [-0.15, -0.1) is 0 Å². The minimum Gasteiger partial charge on any atom is -0.288 e. The van der Waals surface area contributed by atoms with E-state index in [9.17, 15) is 9.18 Å². The van der Waals surface area contributed by atoms with Crippen molar-refractivity contribution >= 4 is 16.9 Å². The molecule has 0 aliphatic rings. The second-order valence-electron chi connectivity index (χ2n) is 3.20. The zero-order chi connectivity index (χ0) is 12.7. The summed E-state index contributed by atoms with van der Waals surface area (Å²) in [5.41, 5.74) is 0.602. The summed E-state index contributed by atoms with van der Waals surface area (Å²) in [6.45, 7) is 1.51. The van der Waals surface area contributed by atoms with E-state index in [2.05, 4.69) is 11.8 Å². The van der Waals surface area contributed by atoms with Crippen LogP contribution in [0.2, 0.25) is 0 Å². The summed E-state index contributed by atoms with van der Waals surface area (Å²) in [4.78, 5) is 10.6. The van der Waals surface area contributed by atoms with Crippen LogP contribution in [0.4, 0.5) is 4.39 Å². The van der Waals surface area contributed by atoms with E-state index in [4.69, 9.17) is 5.26 Å². The van der Waals surface area contributed by atoms with Gasteiger partial charge >= 0.3 is 0 Å². The zero-order valence-electron chi connectivity index (χ0n) is 9.29. The Balaban J connectivity index is 2.61. The molecule has 4 heteroatoms. The first kappa shape index (κ1) is 13.3. The number of thioether (sulfide) groups is 1. The Morgan fingerprint density at radius 1 is 1.53 bits per heavy atom. The minimum atomic E-state index is -0.537. The molecule has 0 fully saturated rings. The fourth-order valence-corrected chi connectivity index (χ4v) is 1.59. The van der Waals surface area contributed by atoms with Crippen LogP contribution in [0.15, 0.2) is 18.2 Å². The molecule has 0 aliphatic heterocycles. The number of carbonyl (C=O) groups is 1. The maximum absolute atomic E-state index is 13.0. The van der Waals surface area contributed by atoms with E-state index in [-0.39, 0.29) is 10.7 Å². The van der Waals surface area contributed by atoms with Crippen LogP contribution in [0.5, 0.6) is 0 Å². The lowest BCUT2D eigenvalue weighted by Crippen LogP contribution is -1.86. The topological polar surface area (TPSA) is 40.9 Å². The average molecular weight is 247 g/mol. The van der Waals surface area contributed by atoms with Crippen LogP contribution in [0.3, 0.4) is 0 Å². The van der Waals surface area contributed by atoms with Gasteiger partial charge in [-0.25, -0.2) is 4.39 Å². The summed E-state index contributed by atoms with van der Waals surface area (Å²) in [6, 6.07) is 5.94. The van der Waals surface area contributed by atoms with Crippen LogP contribution in [-0.4, -0.2) is 10.9 Å². The summed E-state index contributed by atoms with van der Waals surface area (Å²) in [7, 11) is 0. The molecule has 0 aliphatic carbocycles. The molecule has 0 aromatic heterocycles. The molecular formula is C13H10FNOS. The van der Waals surface area contributed by atoms with Gasteiger partial charge in [0.1, 0.15) is 11.9 Å². The number of nitriles is 1. The summed E-state index contributed by atoms with van der Waals surface area (Å²) in [6.07, 6.45) is 0.587. The van der Waals surface area contributed by atoms with Crippen LogP contribution in [0.25, 0.3) is 0 Å². The molecule has 2 nitrogen and oxygen atoms in total. The van der Waals surface area contributed by atoms with Crippen LogP contribution >= 0.6 is 11.8 Å². The van der Waals surface area contributed by atoms with Crippen molar-refractivity contribution in [3.63, 3.8) is 0 Å². The Bertz CT molecular complexity index is 522. The number of carbonyl (C=O) groups excluding carboxylic acids is 1. The molecule has 86 valence electrons. The van der Waals surface area contributed by atoms with E-state index >= 15 is 0 Å². The summed E-state index contributed by atoms with van der Waals surface area (Å²) >= 11 is 1.22. The van der Waals surface area contributed by atoms with Crippen LogP contribution in [0, 0.1) is 29.0 Å². The third-order valence-corrected chi connectivity index (χ3v) is 2.67. The molecule has 0 saturated carbocycles. The fourth-order valence-electron chi connectivity index (χ4n) is 1.10. The molecule has 0 atom stereocenters. The van der Waals surface area contributed by atoms with Gasteiger partial charge in [-0.2, -0.15) is 5.26 Å². The average Bonchev–Trinajstić information content (AvgIpc) is 2.30. The molecule has 0 saturated heterocycles. The van der Waals surface area contributed by atoms with E-state index in [1.807, 2.05) is 0 Å². The van der Waals surface area contributed by atoms with Crippen molar-refractivity contribution in [3.8, 4) is 17.9 Å². The number of rotatable bonds is 2. The summed E-state index contributed by atoms with van der Waals surface area (Å²) < 4.78 is 13.0. The molecule has 17 heavy (non-hydrogen) atoms. The van der Waals surface area contributed by atoms with Gasteiger partial charge in [-0.05, 0) is 18.2 Å². The molecule has 0 N–H and O–H groups in total. The number of hydrogen-bond donors (Lipinski definition) is 0. The standard InChI is InChI=1S/C13H10FNOS/c1-10(16)17-7-3-2-4-11-5-6-13(14)12(8-11)9-15/h5-6,8H,3,7H2,1H3. The predicted molar refractivity (Wildman–Crippen MR) is 65.7 cm³/mol. The third-order valence-electron chi connectivity index (χ3n) is 1.85. The highest BCUT2D eigenvalue weighted by atomic mass is 32.2. The molecule has 0 amide bonds. The van der Waals surface area contributed by atoms with E-state index in [1.54, 1.807) is 6.07 Å². The highest BCUT2D eigenvalue weighted by Crippen LogP contribution is 2.08. The molecule has 0 heterocycles. The van der Waals surface area contributed by atoms with Gasteiger partial charge in [0.25, 0.3) is 0 Å². The van der Waals surface area contributed by atoms with Crippen molar-refractivity contribution in [1.29, 1.82) is 5.26 Å². The SMILES string of the molecule is CC(=O)SCCC#Cc1ccc(F)c(C#N)c1. The lowest BCUT2D eigenvalue weighted by Gasteiger charge is -1.94. The molecule has 0 unspecified atom stereocenters. The van der Waals surface area contributed by atoms with Gasteiger partial charge in [-0.3, -0.25) is 4.79 Å². The third kappa shape index (κ3) is 4.72. The van der Waals surface area contributed by atoms with Gasteiger partial charge in [0, 0.05) is 24.7 Å². The molecule has 1 aromatic rings. The van der Waals surface area contributed by atoms with Crippen LogP contribution in [-0.2, 0) is 4.79 Å².